The van der Waals surface area contributed by atoms with E-state index in [0.29, 0.717) is 6.61 Å². The van der Waals surface area contributed by atoms with Crippen LogP contribution in [-0.2, 0) is 9.53 Å². The van der Waals surface area contributed by atoms with Gasteiger partial charge in [-0.1, -0.05) is 18.2 Å². The molecule has 1 unspecified atom stereocenters. The summed E-state index contributed by atoms with van der Waals surface area (Å²) in [6.07, 6.45) is 3.10. The predicted octanol–water partition coefficient (Wildman–Crippen LogP) is 1.31. The molecule has 1 aromatic rings. The van der Waals surface area contributed by atoms with E-state index in [1.54, 1.807) is 0 Å². The molecule has 4 nitrogen and oxygen atoms in total. The largest absolute Gasteiger partial charge is 0.493 e. The minimum Gasteiger partial charge on any atom is -0.493 e. The van der Waals surface area contributed by atoms with Crippen LogP contribution in [0.1, 0.15) is 26.2 Å². The smallest absolute Gasteiger partial charge is 0.314 e. The summed E-state index contributed by atoms with van der Waals surface area (Å²) in [7, 11) is 0. The van der Waals surface area contributed by atoms with Crippen LogP contribution in [-0.4, -0.2) is 38.8 Å². The number of likely N-dealkylation sites (tertiary alicyclic amines) is 1. The van der Waals surface area contributed by atoms with Crippen LogP contribution < -0.4 is 9.64 Å². The van der Waals surface area contributed by atoms with Crippen LogP contribution in [0.15, 0.2) is 30.3 Å². The second-order valence-corrected chi connectivity index (χ2v) is 5.56. The number of rotatable bonds is 7. The molecule has 2 rings (SSSR count). The van der Waals surface area contributed by atoms with Crippen LogP contribution in [0.5, 0.6) is 5.75 Å². The highest BCUT2D eigenvalue weighted by Crippen LogP contribution is 2.10. The third-order valence-corrected chi connectivity index (χ3v) is 3.92. The van der Waals surface area contributed by atoms with Gasteiger partial charge in [0.2, 0.25) is 0 Å². The Kier molecular flexibility index (Phi) is 6.54. The van der Waals surface area contributed by atoms with Crippen molar-refractivity contribution in [2.75, 3.05) is 32.8 Å². The third kappa shape index (κ3) is 5.38. The van der Waals surface area contributed by atoms with Crippen LogP contribution >= 0.6 is 0 Å². The van der Waals surface area contributed by atoms with E-state index in [0.717, 1.165) is 51.3 Å². The summed E-state index contributed by atoms with van der Waals surface area (Å²) in [4.78, 5) is 13.3. The molecule has 0 aliphatic carbocycles. The molecule has 21 heavy (non-hydrogen) atoms. The Labute approximate surface area is 127 Å². The van der Waals surface area contributed by atoms with Crippen molar-refractivity contribution >= 4 is 5.97 Å². The van der Waals surface area contributed by atoms with Crippen LogP contribution in [0, 0.1) is 5.92 Å². The summed E-state index contributed by atoms with van der Waals surface area (Å²) in [5.41, 5.74) is 0. The van der Waals surface area contributed by atoms with Gasteiger partial charge in [-0.3, -0.25) is 4.79 Å². The summed E-state index contributed by atoms with van der Waals surface area (Å²) < 4.78 is 10.8. The van der Waals surface area contributed by atoms with E-state index < -0.39 is 0 Å². The molecule has 1 fully saturated rings. The Morgan fingerprint density at radius 2 is 2.14 bits per heavy atom. The first-order valence-corrected chi connectivity index (χ1v) is 7.97. The fourth-order valence-corrected chi connectivity index (χ4v) is 2.87. The number of carbonyl (C=O) groups excluding carboxylic acids is 1. The maximum atomic E-state index is 11.8. The minimum absolute atomic E-state index is 0.0183. The van der Waals surface area contributed by atoms with Gasteiger partial charge in [0.25, 0.3) is 0 Å². The SMILES string of the molecule is CCOC(=O)[C@H]1CCC[NH+](CCCOc2ccccc2)C1. The molecule has 1 aromatic carbocycles. The molecule has 1 aliphatic rings. The van der Waals surface area contributed by atoms with E-state index in [2.05, 4.69) is 0 Å². The van der Waals surface area contributed by atoms with Gasteiger partial charge in [-0.25, -0.2) is 0 Å². The molecule has 2 atom stereocenters. The molecule has 1 aliphatic heterocycles. The van der Waals surface area contributed by atoms with Crippen LogP contribution in [0.3, 0.4) is 0 Å². The number of nitrogens with one attached hydrogen (secondary N) is 1. The molecule has 0 aromatic heterocycles. The highest BCUT2D eigenvalue weighted by atomic mass is 16.5. The van der Waals surface area contributed by atoms with E-state index in [1.165, 1.54) is 4.90 Å². The highest BCUT2D eigenvalue weighted by molar-refractivity contribution is 5.72. The number of para-hydroxylation sites is 1. The average Bonchev–Trinajstić information content (AvgIpc) is 2.53. The van der Waals surface area contributed by atoms with E-state index >= 15 is 0 Å². The van der Waals surface area contributed by atoms with Crippen molar-refractivity contribution in [3.05, 3.63) is 30.3 Å². The Morgan fingerprint density at radius 1 is 1.33 bits per heavy atom. The Hall–Kier alpha value is -1.55. The van der Waals surface area contributed by atoms with Crippen molar-refractivity contribution in [2.45, 2.75) is 26.2 Å². The molecule has 1 N–H and O–H groups in total. The zero-order chi connectivity index (χ0) is 14.9. The third-order valence-electron chi connectivity index (χ3n) is 3.92. The minimum atomic E-state index is -0.0183. The molecule has 1 saturated heterocycles. The fourth-order valence-electron chi connectivity index (χ4n) is 2.87. The number of quaternary nitrogens is 1. The summed E-state index contributed by atoms with van der Waals surface area (Å²) in [6, 6.07) is 9.90. The molecule has 1 heterocycles. The monoisotopic (exact) mass is 292 g/mol. The Morgan fingerprint density at radius 3 is 2.90 bits per heavy atom. The topological polar surface area (TPSA) is 40.0 Å². The van der Waals surface area contributed by atoms with Crippen LogP contribution in [0.2, 0.25) is 0 Å². The van der Waals surface area contributed by atoms with E-state index in [9.17, 15) is 4.79 Å². The van der Waals surface area contributed by atoms with Crippen LogP contribution in [0.25, 0.3) is 0 Å². The summed E-state index contributed by atoms with van der Waals surface area (Å²) >= 11 is 0. The maximum Gasteiger partial charge on any atom is 0.314 e. The summed E-state index contributed by atoms with van der Waals surface area (Å²) in [6.45, 7) is 6.20. The van der Waals surface area contributed by atoms with E-state index in [1.807, 2.05) is 37.3 Å². The van der Waals surface area contributed by atoms with Gasteiger partial charge in [-0.15, -0.1) is 0 Å². The van der Waals surface area contributed by atoms with Gasteiger partial charge in [0, 0.05) is 6.42 Å². The molecule has 0 radical (unpaired) electrons. The quantitative estimate of drug-likeness (QED) is 0.608. The Balaban J connectivity index is 1.65. The molecule has 116 valence electrons. The first kappa shape index (κ1) is 15.8. The molecular formula is C17H26NO3+. The van der Waals surface area contributed by atoms with Gasteiger partial charge >= 0.3 is 5.97 Å². The zero-order valence-electron chi connectivity index (χ0n) is 12.8. The lowest BCUT2D eigenvalue weighted by Crippen LogP contribution is -3.13. The molecule has 4 heteroatoms. The van der Waals surface area contributed by atoms with Gasteiger partial charge < -0.3 is 14.4 Å². The Bertz CT molecular complexity index is 421. The molecule has 0 saturated carbocycles. The number of hydrogen-bond donors (Lipinski definition) is 1. The van der Waals surface area contributed by atoms with Crippen molar-refractivity contribution in [1.29, 1.82) is 0 Å². The normalized spacial score (nSPS) is 21.8. The van der Waals surface area contributed by atoms with Crippen molar-refractivity contribution < 1.29 is 19.2 Å². The number of hydrogen-bond acceptors (Lipinski definition) is 3. The summed E-state index contributed by atoms with van der Waals surface area (Å²) in [5.74, 6) is 0.995. The number of benzene rings is 1. The van der Waals surface area contributed by atoms with Crippen LogP contribution in [0.4, 0.5) is 0 Å². The number of carbonyl (C=O) groups is 1. The van der Waals surface area contributed by atoms with Gasteiger partial charge in [-0.05, 0) is 31.9 Å². The van der Waals surface area contributed by atoms with Crippen molar-refractivity contribution in [1.82, 2.24) is 0 Å². The van der Waals surface area contributed by atoms with Gasteiger partial charge in [-0.2, -0.15) is 0 Å². The maximum absolute atomic E-state index is 11.8. The molecule has 0 bridgehead atoms. The first-order chi connectivity index (χ1) is 10.3. The molecular weight excluding hydrogens is 266 g/mol. The fraction of sp³-hybridized carbons (Fsp3) is 0.588. The summed E-state index contributed by atoms with van der Waals surface area (Å²) in [5, 5.41) is 0. The lowest BCUT2D eigenvalue weighted by Gasteiger charge is -2.28. The lowest BCUT2D eigenvalue weighted by atomic mass is 9.98. The van der Waals surface area contributed by atoms with Crippen molar-refractivity contribution in [2.24, 2.45) is 5.92 Å². The molecule has 0 amide bonds. The van der Waals surface area contributed by atoms with Crippen molar-refractivity contribution in [3.63, 3.8) is 0 Å². The number of ether oxygens (including phenoxy) is 2. The van der Waals surface area contributed by atoms with E-state index in [4.69, 9.17) is 9.47 Å². The second-order valence-electron chi connectivity index (χ2n) is 5.56. The highest BCUT2D eigenvalue weighted by Gasteiger charge is 2.29. The predicted molar refractivity (Wildman–Crippen MR) is 81.5 cm³/mol. The average molecular weight is 292 g/mol. The van der Waals surface area contributed by atoms with Crippen molar-refractivity contribution in [3.8, 4) is 5.75 Å². The van der Waals surface area contributed by atoms with Gasteiger partial charge in [0.1, 0.15) is 11.7 Å². The first-order valence-electron chi connectivity index (χ1n) is 7.97. The number of esters is 1. The molecule has 0 spiro atoms. The van der Waals surface area contributed by atoms with E-state index in [-0.39, 0.29) is 11.9 Å². The lowest BCUT2D eigenvalue weighted by molar-refractivity contribution is -0.907. The van der Waals surface area contributed by atoms with Gasteiger partial charge in [0.15, 0.2) is 0 Å². The standard InChI is InChI=1S/C17H25NO3/c1-2-20-17(19)15-8-6-11-18(14-15)12-7-13-21-16-9-4-3-5-10-16/h3-5,9-10,15H,2,6-8,11-14H2,1H3/p+1/t15-/m0/s1. The zero-order valence-corrected chi connectivity index (χ0v) is 12.8. The van der Waals surface area contributed by atoms with Gasteiger partial charge in [0.05, 0.1) is 32.8 Å². The second kappa shape index (κ2) is 8.67. The number of piperidine rings is 1.